The van der Waals surface area contributed by atoms with Gasteiger partial charge in [0.1, 0.15) is 5.75 Å². The number of ether oxygens (including phenoxy) is 2. The monoisotopic (exact) mass is 369 g/mol. The number of carboxylic acids is 1. The summed E-state index contributed by atoms with van der Waals surface area (Å²) in [6.45, 7) is 8.85. The third kappa shape index (κ3) is 4.67. The predicted octanol–water partition coefficient (Wildman–Crippen LogP) is 3.99. The van der Waals surface area contributed by atoms with Gasteiger partial charge in [0.05, 0.1) is 13.2 Å². The second-order valence-corrected chi connectivity index (χ2v) is 7.39. The summed E-state index contributed by atoms with van der Waals surface area (Å²) in [7, 11) is 0. The number of hydrogen-bond acceptors (Lipinski definition) is 4. The van der Waals surface area contributed by atoms with E-state index in [-0.39, 0.29) is 0 Å². The van der Waals surface area contributed by atoms with Crippen LogP contribution < -0.4 is 4.74 Å². The van der Waals surface area contributed by atoms with Gasteiger partial charge in [-0.05, 0) is 49.6 Å². The highest BCUT2D eigenvalue weighted by Crippen LogP contribution is 2.27. The van der Waals surface area contributed by atoms with Crippen LogP contribution in [0.1, 0.15) is 32.4 Å². The molecule has 2 aromatic carbocycles. The molecule has 144 valence electrons. The number of aliphatic carboxylic acids is 1. The van der Waals surface area contributed by atoms with E-state index < -0.39 is 11.6 Å². The van der Waals surface area contributed by atoms with Crippen molar-refractivity contribution in [1.29, 1.82) is 0 Å². The van der Waals surface area contributed by atoms with Crippen LogP contribution in [0, 0.1) is 0 Å². The summed E-state index contributed by atoms with van der Waals surface area (Å²) < 4.78 is 11.0. The normalized spacial score (nSPS) is 16.7. The molecule has 1 fully saturated rings. The van der Waals surface area contributed by atoms with Gasteiger partial charge in [0.25, 0.3) is 0 Å². The molecule has 1 N–H and O–H groups in total. The zero-order valence-corrected chi connectivity index (χ0v) is 16.1. The van der Waals surface area contributed by atoms with Gasteiger partial charge >= 0.3 is 5.97 Å². The molecule has 0 aliphatic carbocycles. The largest absolute Gasteiger partial charge is 0.478 e. The van der Waals surface area contributed by atoms with Crippen LogP contribution in [0.4, 0.5) is 0 Å². The van der Waals surface area contributed by atoms with E-state index in [1.165, 1.54) is 19.4 Å². The van der Waals surface area contributed by atoms with Crippen molar-refractivity contribution in [2.75, 3.05) is 26.3 Å². The first kappa shape index (κ1) is 19.4. The zero-order valence-electron chi connectivity index (χ0n) is 16.1. The summed E-state index contributed by atoms with van der Waals surface area (Å²) in [5.41, 5.74) is 2.24. The molecule has 5 heteroatoms. The lowest BCUT2D eigenvalue weighted by Gasteiger charge is -2.32. The van der Waals surface area contributed by atoms with Gasteiger partial charge in [0, 0.05) is 19.1 Å². The predicted molar refractivity (Wildman–Crippen MR) is 105 cm³/mol. The second kappa shape index (κ2) is 8.11. The van der Waals surface area contributed by atoms with Crippen molar-refractivity contribution in [3.63, 3.8) is 0 Å². The molecule has 0 radical (unpaired) electrons. The van der Waals surface area contributed by atoms with Gasteiger partial charge in [0.15, 0.2) is 5.60 Å². The molecule has 27 heavy (non-hydrogen) atoms. The molecule has 1 heterocycles. The van der Waals surface area contributed by atoms with Crippen molar-refractivity contribution in [2.45, 2.75) is 32.4 Å². The first-order chi connectivity index (χ1) is 12.9. The molecule has 5 nitrogen and oxygen atoms in total. The summed E-state index contributed by atoms with van der Waals surface area (Å²) >= 11 is 0. The Hall–Kier alpha value is -2.37. The molecule has 3 rings (SSSR count). The van der Waals surface area contributed by atoms with Crippen molar-refractivity contribution >= 4 is 5.97 Å². The maximum Gasteiger partial charge on any atom is 0.347 e. The van der Waals surface area contributed by atoms with Crippen LogP contribution in [-0.2, 0) is 9.53 Å². The average Bonchev–Trinajstić information content (AvgIpc) is 2.68. The Labute approximate surface area is 160 Å². The van der Waals surface area contributed by atoms with Crippen molar-refractivity contribution in [2.24, 2.45) is 0 Å². The number of rotatable bonds is 6. The van der Waals surface area contributed by atoms with Gasteiger partial charge in [-0.1, -0.05) is 36.4 Å². The molecule has 0 spiro atoms. The fourth-order valence-corrected chi connectivity index (χ4v) is 3.18. The van der Waals surface area contributed by atoms with E-state index in [9.17, 15) is 4.79 Å². The van der Waals surface area contributed by atoms with Crippen molar-refractivity contribution in [3.8, 4) is 16.9 Å². The number of morpholine rings is 1. The lowest BCUT2D eigenvalue weighted by Crippen LogP contribution is -2.37. The third-order valence-corrected chi connectivity index (χ3v) is 5.06. The number of benzene rings is 2. The first-order valence-electron chi connectivity index (χ1n) is 9.31. The van der Waals surface area contributed by atoms with Gasteiger partial charge in [-0.15, -0.1) is 0 Å². The van der Waals surface area contributed by atoms with Crippen molar-refractivity contribution in [1.82, 2.24) is 4.90 Å². The second-order valence-electron chi connectivity index (χ2n) is 7.39. The van der Waals surface area contributed by atoms with E-state index in [1.54, 1.807) is 0 Å². The van der Waals surface area contributed by atoms with Crippen LogP contribution in [0.5, 0.6) is 5.75 Å². The highest BCUT2D eigenvalue weighted by molar-refractivity contribution is 5.76. The quantitative estimate of drug-likeness (QED) is 0.834. The fourth-order valence-electron chi connectivity index (χ4n) is 3.18. The fraction of sp³-hybridized carbons (Fsp3) is 0.409. The minimum absolute atomic E-state index is 0.372. The highest BCUT2D eigenvalue weighted by atomic mass is 16.5. The van der Waals surface area contributed by atoms with Crippen LogP contribution in [-0.4, -0.2) is 47.9 Å². The van der Waals surface area contributed by atoms with Crippen LogP contribution in [0.2, 0.25) is 0 Å². The molecule has 0 unspecified atom stereocenters. The Morgan fingerprint density at radius 2 is 1.56 bits per heavy atom. The van der Waals surface area contributed by atoms with Crippen molar-refractivity contribution in [3.05, 3.63) is 54.1 Å². The summed E-state index contributed by atoms with van der Waals surface area (Å²) in [4.78, 5) is 13.6. The Bertz CT molecular complexity index is 762. The van der Waals surface area contributed by atoms with Gasteiger partial charge in [0.2, 0.25) is 0 Å². The zero-order chi connectivity index (χ0) is 19.4. The number of carbonyl (C=O) groups is 1. The Morgan fingerprint density at radius 3 is 2.07 bits per heavy atom. The van der Waals surface area contributed by atoms with E-state index in [0.29, 0.717) is 11.8 Å². The van der Waals surface area contributed by atoms with Gasteiger partial charge in [-0.3, -0.25) is 4.90 Å². The van der Waals surface area contributed by atoms with Crippen LogP contribution in [0.15, 0.2) is 48.5 Å². The smallest absolute Gasteiger partial charge is 0.347 e. The van der Waals surface area contributed by atoms with E-state index in [4.69, 9.17) is 14.6 Å². The maximum absolute atomic E-state index is 11.2. The summed E-state index contributed by atoms with van der Waals surface area (Å²) in [5, 5.41) is 9.16. The lowest BCUT2D eigenvalue weighted by molar-refractivity contribution is -0.152. The number of nitrogens with zero attached hydrogens (tertiary/aromatic N) is 1. The van der Waals surface area contributed by atoms with Gasteiger partial charge < -0.3 is 14.6 Å². The first-order valence-corrected chi connectivity index (χ1v) is 9.31. The Kier molecular flexibility index (Phi) is 5.82. The van der Waals surface area contributed by atoms with Crippen LogP contribution in [0.3, 0.4) is 0 Å². The topological polar surface area (TPSA) is 59.0 Å². The molecular weight excluding hydrogens is 342 g/mol. The average molecular weight is 369 g/mol. The minimum atomic E-state index is -1.25. The van der Waals surface area contributed by atoms with E-state index in [1.807, 2.05) is 24.3 Å². The molecule has 0 aromatic heterocycles. The molecule has 1 aliphatic heterocycles. The summed E-state index contributed by atoms with van der Waals surface area (Å²) in [6, 6.07) is 16.5. The van der Waals surface area contributed by atoms with E-state index in [0.717, 1.165) is 37.4 Å². The minimum Gasteiger partial charge on any atom is -0.478 e. The molecule has 1 atom stereocenters. The standard InChI is InChI=1S/C22H27NO4/c1-16(23-12-14-26-15-13-23)17-4-6-18(7-5-17)19-8-10-20(11-9-19)27-22(2,3)21(24)25/h4-11,16H,12-15H2,1-3H3,(H,24,25)/t16-/m1/s1. The molecule has 0 amide bonds. The molecular formula is C22H27NO4. The highest BCUT2D eigenvalue weighted by Gasteiger charge is 2.29. The van der Waals surface area contributed by atoms with Gasteiger partial charge in [-0.2, -0.15) is 0 Å². The van der Waals surface area contributed by atoms with Crippen LogP contribution in [0.25, 0.3) is 11.1 Å². The van der Waals surface area contributed by atoms with Crippen molar-refractivity contribution < 1.29 is 19.4 Å². The molecule has 1 saturated heterocycles. The number of carboxylic acid groups (broad SMARTS) is 1. The third-order valence-electron chi connectivity index (χ3n) is 5.06. The summed E-state index contributed by atoms with van der Waals surface area (Å²) in [6.07, 6.45) is 0. The molecule has 2 aromatic rings. The molecule has 0 saturated carbocycles. The molecule has 0 bridgehead atoms. The Balaban J connectivity index is 1.69. The molecule has 1 aliphatic rings. The SMILES string of the molecule is C[C@H](c1ccc(-c2ccc(OC(C)(C)C(=O)O)cc2)cc1)N1CCOCC1. The lowest BCUT2D eigenvalue weighted by atomic mass is 10.0. The maximum atomic E-state index is 11.2. The van der Waals surface area contributed by atoms with E-state index in [2.05, 4.69) is 36.1 Å². The summed E-state index contributed by atoms with van der Waals surface area (Å²) in [5.74, 6) is -0.444. The van der Waals surface area contributed by atoms with Crippen LogP contribution >= 0.6 is 0 Å². The number of hydrogen-bond donors (Lipinski definition) is 1. The Morgan fingerprint density at radius 1 is 1.04 bits per heavy atom. The van der Waals surface area contributed by atoms with Gasteiger partial charge in [-0.25, -0.2) is 4.79 Å². The van der Waals surface area contributed by atoms with E-state index >= 15 is 0 Å².